The van der Waals surface area contributed by atoms with Gasteiger partial charge in [-0.1, -0.05) is 54.4 Å². The highest BCUT2D eigenvalue weighted by Gasteiger charge is 2.42. The summed E-state index contributed by atoms with van der Waals surface area (Å²) in [5.74, 6) is 4.73. The molecule has 2 nitrogen and oxygen atoms in total. The van der Waals surface area contributed by atoms with Gasteiger partial charge in [-0.15, -0.1) is 0 Å². The van der Waals surface area contributed by atoms with Gasteiger partial charge in [-0.25, -0.2) is 0 Å². The Morgan fingerprint density at radius 1 is 0.760 bits per heavy atom. The quantitative estimate of drug-likeness (QED) is 0.674. The van der Waals surface area contributed by atoms with E-state index in [1.807, 2.05) is 6.92 Å². The van der Waals surface area contributed by atoms with E-state index in [9.17, 15) is 5.11 Å². The first-order valence-electron chi connectivity index (χ1n) is 11.1. The third-order valence-electron chi connectivity index (χ3n) is 7.30. The number of aliphatic hydroxyl groups is 1. The van der Waals surface area contributed by atoms with Crippen molar-refractivity contribution in [3.63, 3.8) is 0 Å². The van der Waals surface area contributed by atoms with E-state index >= 15 is 0 Å². The Hall–Kier alpha value is -0.0800. The maximum Gasteiger partial charge on any atom is 0.0639 e. The summed E-state index contributed by atoms with van der Waals surface area (Å²) < 4.78 is 0. The van der Waals surface area contributed by atoms with Crippen molar-refractivity contribution in [2.75, 3.05) is 6.54 Å². The molecule has 0 aromatic carbocycles. The van der Waals surface area contributed by atoms with E-state index in [2.05, 4.69) is 46.4 Å². The Bertz CT molecular complexity index is 360. The van der Waals surface area contributed by atoms with E-state index in [4.69, 9.17) is 0 Å². The molecule has 0 heterocycles. The lowest BCUT2D eigenvalue weighted by Crippen LogP contribution is -2.56. The molecule has 7 atom stereocenters. The predicted molar refractivity (Wildman–Crippen MR) is 109 cm³/mol. The minimum absolute atomic E-state index is 0.227. The summed E-state index contributed by atoms with van der Waals surface area (Å²) in [6.45, 7) is 17.4. The third kappa shape index (κ3) is 5.45. The largest absolute Gasteiger partial charge is 0.392 e. The molecule has 2 fully saturated rings. The van der Waals surface area contributed by atoms with Crippen LogP contribution >= 0.6 is 0 Å². The molecule has 0 aliphatic heterocycles. The number of aliphatic hydroxyl groups excluding tert-OH is 1. The molecule has 0 aromatic heterocycles. The van der Waals surface area contributed by atoms with Crippen LogP contribution in [0.15, 0.2) is 0 Å². The van der Waals surface area contributed by atoms with Gasteiger partial charge in [0.05, 0.1) is 6.10 Å². The van der Waals surface area contributed by atoms with Gasteiger partial charge in [0, 0.05) is 18.6 Å². The molecule has 0 amide bonds. The Morgan fingerprint density at radius 3 is 1.48 bits per heavy atom. The summed E-state index contributed by atoms with van der Waals surface area (Å²) >= 11 is 0. The zero-order chi connectivity index (χ0) is 18.7. The van der Waals surface area contributed by atoms with E-state index in [-0.39, 0.29) is 6.10 Å². The highest BCUT2D eigenvalue weighted by Crippen LogP contribution is 2.42. The zero-order valence-electron chi connectivity index (χ0n) is 18.0. The number of hydrogen-bond acceptors (Lipinski definition) is 2. The summed E-state index contributed by atoms with van der Waals surface area (Å²) in [7, 11) is 0. The molecule has 1 N–H and O–H groups in total. The molecule has 25 heavy (non-hydrogen) atoms. The number of rotatable bonds is 6. The van der Waals surface area contributed by atoms with E-state index < -0.39 is 0 Å². The van der Waals surface area contributed by atoms with Gasteiger partial charge in [-0.3, -0.25) is 4.90 Å². The van der Waals surface area contributed by atoms with Crippen molar-refractivity contribution >= 4 is 0 Å². The molecule has 2 rings (SSSR count). The van der Waals surface area contributed by atoms with E-state index in [0.717, 1.165) is 42.1 Å². The molecule has 2 aliphatic rings. The summed E-state index contributed by atoms with van der Waals surface area (Å²) in [4.78, 5) is 2.81. The highest BCUT2D eigenvalue weighted by molar-refractivity contribution is 4.95. The molecular weight excluding hydrogens is 306 g/mol. The second kappa shape index (κ2) is 9.22. The molecule has 2 heteroatoms. The molecule has 148 valence electrons. The summed E-state index contributed by atoms with van der Waals surface area (Å²) in [6.07, 6.45) is 7.93. The monoisotopic (exact) mass is 351 g/mol. The Kier molecular flexibility index (Phi) is 7.83. The maximum atomic E-state index is 10.3. The average Bonchev–Trinajstić information content (AvgIpc) is 2.51. The molecule has 0 radical (unpaired) electrons. The summed E-state index contributed by atoms with van der Waals surface area (Å²) in [5.41, 5.74) is 0. The predicted octanol–water partition coefficient (Wildman–Crippen LogP) is 5.59. The summed E-state index contributed by atoms with van der Waals surface area (Å²) in [5, 5.41) is 10.3. The van der Waals surface area contributed by atoms with Crippen LogP contribution in [0.4, 0.5) is 0 Å². The van der Waals surface area contributed by atoms with Crippen molar-refractivity contribution < 1.29 is 5.11 Å². The fourth-order valence-corrected chi connectivity index (χ4v) is 5.89. The first-order valence-corrected chi connectivity index (χ1v) is 11.1. The van der Waals surface area contributed by atoms with Crippen molar-refractivity contribution in [2.45, 2.75) is 105 Å². The van der Waals surface area contributed by atoms with Crippen LogP contribution in [0.25, 0.3) is 0 Å². The van der Waals surface area contributed by atoms with Crippen LogP contribution in [0.1, 0.15) is 87.0 Å². The lowest BCUT2D eigenvalue weighted by Gasteiger charge is -2.52. The second-order valence-corrected chi connectivity index (χ2v) is 10.3. The van der Waals surface area contributed by atoms with Crippen molar-refractivity contribution in [3.05, 3.63) is 0 Å². The van der Waals surface area contributed by atoms with Crippen LogP contribution in [0.3, 0.4) is 0 Å². The van der Waals surface area contributed by atoms with Crippen molar-refractivity contribution in [1.29, 1.82) is 0 Å². The molecule has 0 aromatic rings. The summed E-state index contributed by atoms with van der Waals surface area (Å²) in [6, 6.07) is 1.32. The van der Waals surface area contributed by atoms with Crippen LogP contribution in [-0.4, -0.2) is 34.7 Å². The van der Waals surface area contributed by atoms with Gasteiger partial charge in [-0.2, -0.15) is 0 Å². The number of nitrogens with zero attached hydrogens (tertiary/aromatic N) is 1. The molecule has 0 saturated heterocycles. The van der Waals surface area contributed by atoms with Gasteiger partial charge in [0.2, 0.25) is 0 Å². The highest BCUT2D eigenvalue weighted by atomic mass is 16.3. The van der Waals surface area contributed by atoms with Gasteiger partial charge in [0.25, 0.3) is 0 Å². The van der Waals surface area contributed by atoms with Crippen molar-refractivity contribution in [3.8, 4) is 0 Å². The molecule has 7 unspecified atom stereocenters. The Balaban J connectivity index is 2.31. The van der Waals surface area contributed by atoms with Crippen LogP contribution in [0.5, 0.6) is 0 Å². The topological polar surface area (TPSA) is 23.5 Å². The van der Waals surface area contributed by atoms with Crippen LogP contribution in [0.2, 0.25) is 0 Å². The normalized spacial score (nSPS) is 38.5. The zero-order valence-corrected chi connectivity index (χ0v) is 18.0. The SMILES string of the molecule is CC(O)CN(C1CC(C)CCC1C(C)C)C1CC(C)CCC1C(C)C. The van der Waals surface area contributed by atoms with Gasteiger partial charge in [0.15, 0.2) is 0 Å². The minimum Gasteiger partial charge on any atom is -0.392 e. The molecule has 0 spiro atoms. The lowest BCUT2D eigenvalue weighted by molar-refractivity contribution is -0.0419. The van der Waals surface area contributed by atoms with E-state index in [1.165, 1.54) is 38.5 Å². The van der Waals surface area contributed by atoms with Gasteiger partial charge < -0.3 is 5.11 Å². The molecule has 2 saturated carbocycles. The van der Waals surface area contributed by atoms with E-state index in [1.54, 1.807) is 0 Å². The lowest BCUT2D eigenvalue weighted by atomic mass is 9.69. The minimum atomic E-state index is -0.227. The van der Waals surface area contributed by atoms with Crippen LogP contribution in [-0.2, 0) is 0 Å². The molecule has 2 aliphatic carbocycles. The van der Waals surface area contributed by atoms with Gasteiger partial charge >= 0.3 is 0 Å². The Morgan fingerprint density at radius 2 is 1.16 bits per heavy atom. The molecule has 0 bridgehead atoms. The smallest absolute Gasteiger partial charge is 0.0639 e. The maximum absolute atomic E-state index is 10.3. The average molecular weight is 352 g/mol. The van der Waals surface area contributed by atoms with Crippen LogP contribution < -0.4 is 0 Å². The first-order chi connectivity index (χ1) is 11.7. The van der Waals surface area contributed by atoms with Crippen molar-refractivity contribution in [1.82, 2.24) is 4.90 Å². The van der Waals surface area contributed by atoms with Gasteiger partial charge in [-0.05, 0) is 68.1 Å². The van der Waals surface area contributed by atoms with Crippen LogP contribution in [0, 0.1) is 35.5 Å². The fraction of sp³-hybridized carbons (Fsp3) is 1.00. The fourth-order valence-electron chi connectivity index (χ4n) is 5.89. The third-order valence-corrected chi connectivity index (χ3v) is 7.30. The number of hydrogen-bond donors (Lipinski definition) is 1. The second-order valence-electron chi connectivity index (χ2n) is 10.3. The Labute approximate surface area is 157 Å². The first kappa shape index (κ1) is 21.2. The van der Waals surface area contributed by atoms with Gasteiger partial charge in [0.1, 0.15) is 0 Å². The molecular formula is C23H45NO. The van der Waals surface area contributed by atoms with Crippen molar-refractivity contribution in [2.24, 2.45) is 35.5 Å². The standard InChI is InChI=1S/C23H45NO/c1-15(2)20-10-8-17(5)12-22(20)24(14-19(7)25)23-13-18(6)9-11-21(23)16(3)4/h15-23,25H,8-14H2,1-7H3. The van der Waals surface area contributed by atoms with E-state index in [0.29, 0.717) is 12.1 Å².